The molecule has 3 aromatic rings. The van der Waals surface area contributed by atoms with Crippen LogP contribution in [0.4, 0.5) is 0 Å². The molecule has 0 aliphatic heterocycles. The molecule has 0 unspecified atom stereocenters. The van der Waals surface area contributed by atoms with Crippen LogP contribution in [0.5, 0.6) is 0 Å². The largest absolute Gasteiger partial charge is 0.253 e. The van der Waals surface area contributed by atoms with E-state index in [0.717, 1.165) is 16.7 Å². The van der Waals surface area contributed by atoms with Gasteiger partial charge in [-0.3, -0.25) is 8.42 Å². The second-order valence-electron chi connectivity index (χ2n) is 6.79. The van der Waals surface area contributed by atoms with E-state index >= 15 is 0 Å². The fourth-order valence-corrected chi connectivity index (χ4v) is 6.68. The van der Waals surface area contributed by atoms with E-state index in [4.69, 9.17) is 0 Å². The molecule has 0 heterocycles. The number of hydrogen-bond donors (Lipinski definition) is 0. The summed E-state index contributed by atoms with van der Waals surface area (Å²) >= 11 is 0. The molecule has 2 nitrogen and oxygen atoms in total. The van der Waals surface area contributed by atoms with Crippen molar-refractivity contribution in [1.29, 1.82) is 0 Å². The van der Waals surface area contributed by atoms with Gasteiger partial charge in [0.1, 0.15) is 4.58 Å². The van der Waals surface area contributed by atoms with Crippen molar-refractivity contribution in [3.8, 4) is 0 Å². The smallest absolute Gasteiger partial charge is 0.126 e. The van der Waals surface area contributed by atoms with Gasteiger partial charge in [0.2, 0.25) is 0 Å². The van der Waals surface area contributed by atoms with Gasteiger partial charge in [-0.15, -0.1) is 0 Å². The summed E-state index contributed by atoms with van der Waals surface area (Å²) in [5, 5.41) is 0. The van der Waals surface area contributed by atoms with E-state index < -0.39 is 26.2 Å². The molecule has 0 saturated heterocycles. The standard InChI is InChI=1S/C23H24O2S2/c1-17-9-13-21(14-10-17)26(24)23(19(3)20-7-5-4-6-8-20)27(25)22-15-11-18(2)12-16-22/h4-16,19,23H,1-3H3/t19-,26+,27+/m1/s1. The van der Waals surface area contributed by atoms with Gasteiger partial charge in [0.15, 0.2) is 0 Å². The van der Waals surface area contributed by atoms with Crippen LogP contribution in [0.15, 0.2) is 88.7 Å². The van der Waals surface area contributed by atoms with Crippen LogP contribution in [-0.4, -0.2) is 13.0 Å². The molecule has 0 radical (unpaired) electrons. The fourth-order valence-electron chi connectivity index (χ4n) is 2.98. The molecular weight excluding hydrogens is 372 g/mol. The fraction of sp³-hybridized carbons (Fsp3) is 0.217. The Bertz CT molecular complexity index is 875. The first-order chi connectivity index (χ1) is 13.0. The van der Waals surface area contributed by atoms with E-state index in [-0.39, 0.29) is 5.92 Å². The molecule has 4 heteroatoms. The molecule has 3 aromatic carbocycles. The maximum absolute atomic E-state index is 13.5. The van der Waals surface area contributed by atoms with Crippen molar-refractivity contribution in [2.24, 2.45) is 0 Å². The third-order valence-electron chi connectivity index (χ3n) is 4.66. The van der Waals surface area contributed by atoms with Crippen molar-refractivity contribution in [2.75, 3.05) is 0 Å². The summed E-state index contributed by atoms with van der Waals surface area (Å²) in [4.78, 5) is 1.43. The lowest BCUT2D eigenvalue weighted by atomic mass is 10.0. The van der Waals surface area contributed by atoms with E-state index in [0.29, 0.717) is 9.79 Å². The molecule has 0 fully saturated rings. The van der Waals surface area contributed by atoms with Crippen molar-refractivity contribution in [3.63, 3.8) is 0 Å². The van der Waals surface area contributed by atoms with Gasteiger partial charge in [-0.2, -0.15) is 0 Å². The Hall–Kier alpha value is -2.04. The highest BCUT2D eigenvalue weighted by molar-refractivity contribution is 8.03. The highest BCUT2D eigenvalue weighted by Gasteiger charge is 2.32. The van der Waals surface area contributed by atoms with Crippen LogP contribution in [0.3, 0.4) is 0 Å². The SMILES string of the molecule is Cc1ccc([S@](=O)C([C@H](C)c2ccccc2)[S@@](=O)c2ccc(C)cc2)cc1. The van der Waals surface area contributed by atoms with E-state index in [1.54, 1.807) is 0 Å². The van der Waals surface area contributed by atoms with Crippen LogP contribution >= 0.6 is 0 Å². The van der Waals surface area contributed by atoms with E-state index in [1.807, 2.05) is 99.6 Å². The molecule has 0 amide bonds. The van der Waals surface area contributed by atoms with Crippen LogP contribution in [0.2, 0.25) is 0 Å². The summed E-state index contributed by atoms with van der Waals surface area (Å²) in [5.74, 6) is -0.115. The van der Waals surface area contributed by atoms with Crippen LogP contribution in [0.25, 0.3) is 0 Å². The van der Waals surface area contributed by atoms with Gasteiger partial charge in [-0.25, -0.2) is 0 Å². The zero-order chi connectivity index (χ0) is 19.4. The minimum atomic E-state index is -1.40. The van der Waals surface area contributed by atoms with Gasteiger partial charge in [-0.1, -0.05) is 72.6 Å². The van der Waals surface area contributed by atoms with Gasteiger partial charge in [0, 0.05) is 15.7 Å². The summed E-state index contributed by atoms with van der Waals surface area (Å²) in [6.45, 7) is 6.01. The summed E-state index contributed by atoms with van der Waals surface area (Å²) < 4.78 is 26.4. The molecule has 0 N–H and O–H groups in total. The van der Waals surface area contributed by atoms with Gasteiger partial charge in [0.25, 0.3) is 0 Å². The summed E-state index contributed by atoms with van der Waals surface area (Å²) in [6.07, 6.45) is 0. The Balaban J connectivity index is 2.02. The predicted molar refractivity (Wildman–Crippen MR) is 114 cm³/mol. The average molecular weight is 397 g/mol. The number of rotatable bonds is 6. The minimum absolute atomic E-state index is 0.115. The Morgan fingerprint density at radius 3 is 1.44 bits per heavy atom. The molecule has 0 spiro atoms. The maximum Gasteiger partial charge on any atom is 0.126 e. The summed E-state index contributed by atoms with van der Waals surface area (Å²) in [7, 11) is -2.79. The molecule has 27 heavy (non-hydrogen) atoms. The third kappa shape index (κ3) is 4.63. The lowest BCUT2D eigenvalue weighted by Crippen LogP contribution is -2.27. The Morgan fingerprint density at radius 2 is 1.04 bits per heavy atom. The van der Waals surface area contributed by atoms with Crippen molar-refractivity contribution in [3.05, 3.63) is 95.6 Å². The average Bonchev–Trinajstić information content (AvgIpc) is 2.69. The van der Waals surface area contributed by atoms with E-state index in [2.05, 4.69) is 0 Å². The molecular formula is C23H24O2S2. The normalized spacial score (nSPS) is 14.7. The Kier molecular flexibility index (Phi) is 6.40. The zero-order valence-electron chi connectivity index (χ0n) is 15.8. The molecule has 0 bridgehead atoms. The molecule has 0 aromatic heterocycles. The molecule has 3 rings (SSSR count). The van der Waals surface area contributed by atoms with Crippen molar-refractivity contribution < 1.29 is 8.42 Å². The lowest BCUT2D eigenvalue weighted by Gasteiger charge is -2.23. The second kappa shape index (κ2) is 8.77. The monoisotopic (exact) mass is 396 g/mol. The zero-order valence-corrected chi connectivity index (χ0v) is 17.4. The first kappa shape index (κ1) is 19.7. The molecule has 3 atom stereocenters. The first-order valence-corrected chi connectivity index (χ1v) is 11.4. The van der Waals surface area contributed by atoms with Gasteiger partial charge in [0.05, 0.1) is 21.6 Å². The number of benzene rings is 3. The lowest BCUT2D eigenvalue weighted by molar-refractivity contribution is 0.656. The molecule has 0 saturated carbocycles. The highest BCUT2D eigenvalue weighted by atomic mass is 32.2. The van der Waals surface area contributed by atoms with Crippen LogP contribution in [0.1, 0.15) is 29.5 Å². The molecule has 0 aliphatic rings. The summed E-state index contributed by atoms with van der Waals surface area (Å²) in [5.41, 5.74) is 3.27. The molecule has 0 aliphatic carbocycles. The first-order valence-electron chi connectivity index (χ1n) is 8.97. The maximum atomic E-state index is 13.5. The van der Waals surface area contributed by atoms with Crippen molar-refractivity contribution in [2.45, 2.75) is 41.1 Å². The number of aryl methyl sites for hydroxylation is 2. The third-order valence-corrected chi connectivity index (χ3v) is 8.84. The van der Waals surface area contributed by atoms with E-state index in [9.17, 15) is 8.42 Å². The van der Waals surface area contributed by atoms with Crippen molar-refractivity contribution in [1.82, 2.24) is 0 Å². The predicted octanol–water partition coefficient (Wildman–Crippen LogP) is 5.35. The van der Waals surface area contributed by atoms with Crippen LogP contribution < -0.4 is 0 Å². The van der Waals surface area contributed by atoms with Crippen molar-refractivity contribution >= 4 is 21.6 Å². The van der Waals surface area contributed by atoms with Gasteiger partial charge in [-0.05, 0) is 43.7 Å². The quantitative estimate of drug-likeness (QED) is 0.563. The number of hydrogen-bond acceptors (Lipinski definition) is 2. The van der Waals surface area contributed by atoms with Crippen LogP contribution in [0, 0.1) is 13.8 Å². The second-order valence-corrected chi connectivity index (χ2v) is 10.2. The highest BCUT2D eigenvalue weighted by Crippen LogP contribution is 2.31. The van der Waals surface area contributed by atoms with Gasteiger partial charge >= 0.3 is 0 Å². The topological polar surface area (TPSA) is 34.1 Å². The van der Waals surface area contributed by atoms with Crippen LogP contribution in [-0.2, 0) is 21.6 Å². The Labute approximate surface area is 166 Å². The van der Waals surface area contributed by atoms with E-state index in [1.165, 1.54) is 0 Å². The summed E-state index contributed by atoms with van der Waals surface area (Å²) in [6, 6.07) is 25.2. The Morgan fingerprint density at radius 1 is 0.630 bits per heavy atom. The van der Waals surface area contributed by atoms with Gasteiger partial charge < -0.3 is 0 Å². The molecule has 140 valence electrons. The minimum Gasteiger partial charge on any atom is -0.253 e.